The minimum absolute atomic E-state index is 0.0907. The van der Waals surface area contributed by atoms with Gasteiger partial charge in [-0.2, -0.15) is 0 Å². The van der Waals surface area contributed by atoms with Crippen molar-refractivity contribution in [1.82, 2.24) is 15.0 Å². The van der Waals surface area contributed by atoms with Gasteiger partial charge < -0.3 is 0 Å². The van der Waals surface area contributed by atoms with Crippen LogP contribution in [0.1, 0.15) is 122 Å². The molecule has 3 aliphatic carbocycles. The fourth-order valence-electron chi connectivity index (χ4n) is 11.4. The highest BCUT2D eigenvalue weighted by Gasteiger charge is 2.31. The molecule has 0 unspecified atom stereocenters. The third-order valence-corrected chi connectivity index (χ3v) is 15.2. The van der Waals surface area contributed by atoms with E-state index in [1.807, 2.05) is 60.0 Å². The molecule has 0 atom stereocenters. The Morgan fingerprint density at radius 2 is 0.811 bits per heavy atom. The normalized spacial score (nSPS) is 13.3. The van der Waals surface area contributed by atoms with Crippen molar-refractivity contribution in [3.05, 3.63) is 212 Å². The highest BCUT2D eigenvalue weighted by atomic mass is 14.9. The smallest absolute Gasteiger partial charge is 0.213 e. The molecule has 0 saturated heterocycles. The van der Waals surface area contributed by atoms with Crippen LogP contribution in [-0.4, -0.2) is 15.0 Å². The topological polar surface area (TPSA) is 50.3 Å². The second kappa shape index (κ2) is 20.1. The van der Waals surface area contributed by atoms with Crippen LogP contribution in [0.15, 0.2) is 128 Å². The lowest BCUT2D eigenvalue weighted by molar-refractivity contribution is -0.660. The second-order valence-corrected chi connectivity index (χ2v) is 21.5. The predicted molar refractivity (Wildman–Crippen MR) is 303 cm³/mol. The molecule has 0 bridgehead atoms. The molecular weight excluding hydrogens is 901 g/mol. The van der Waals surface area contributed by atoms with E-state index in [4.69, 9.17) is 19.1 Å². The van der Waals surface area contributed by atoms with E-state index in [1.165, 1.54) is 112 Å². The molecule has 0 saturated carbocycles. The third kappa shape index (κ3) is 9.52. The molecule has 0 fully saturated rings. The molecule has 9 aromatic rings. The minimum atomic E-state index is -1.36. The first-order valence-electron chi connectivity index (χ1n) is 27.8. The van der Waals surface area contributed by atoms with Crippen LogP contribution < -0.4 is 13.7 Å². The number of fused-ring (bicyclic) bond motifs is 9. The molecule has 6 aromatic heterocycles. The van der Waals surface area contributed by atoms with Gasteiger partial charge in [0.1, 0.15) is 21.1 Å². The summed E-state index contributed by atoms with van der Waals surface area (Å²) in [6, 6.07) is 38.8. The van der Waals surface area contributed by atoms with Crippen LogP contribution in [0, 0.1) is 54.4 Å². The standard InChI is InChI=1S/C24H27N2.C23H25N2.C21H21N2/c1-15(2)12-18-10-11-26(5)23(13-18)24-16(3)6-8-19-20-9-7-17(4)25-22(20)14-21(19)24;1-14(2)17-10-11-25(5)22(12-17)23-15(3)6-8-18-19-9-7-16(4)24-21(19)13-20(18)23;1-13-9-10-23(4)20(11-13)21-14(2)5-7-16-17-8-6-15(3)22-19(17)12-18(16)21/h6-11,13,15H,12,14H2,1-5H3;6-12,14H,13H2,1-5H3;5-11H,12H2,1-4H3/q3*+1/i12D2;14D;. The van der Waals surface area contributed by atoms with Crippen molar-refractivity contribution in [2.24, 2.45) is 27.1 Å². The number of rotatable bonds is 6. The summed E-state index contributed by atoms with van der Waals surface area (Å²) in [5.41, 5.74) is 32.7. The highest BCUT2D eigenvalue weighted by molar-refractivity contribution is 5.86. The van der Waals surface area contributed by atoms with E-state index >= 15 is 0 Å². The van der Waals surface area contributed by atoms with E-state index in [0.717, 1.165) is 58.9 Å². The fourth-order valence-corrected chi connectivity index (χ4v) is 11.4. The molecule has 12 rings (SSSR count). The van der Waals surface area contributed by atoms with Gasteiger partial charge in [-0.25, -0.2) is 13.7 Å². The third-order valence-electron chi connectivity index (χ3n) is 15.2. The van der Waals surface area contributed by atoms with Crippen LogP contribution in [0.2, 0.25) is 0 Å². The Morgan fingerprint density at radius 3 is 1.22 bits per heavy atom. The molecule has 372 valence electrons. The zero-order valence-electron chi connectivity index (χ0n) is 49.0. The molecule has 0 N–H and O–H groups in total. The van der Waals surface area contributed by atoms with Crippen LogP contribution in [-0.2, 0) is 46.8 Å². The van der Waals surface area contributed by atoms with Crippen LogP contribution in [0.5, 0.6) is 0 Å². The number of hydrogen-bond acceptors (Lipinski definition) is 3. The highest BCUT2D eigenvalue weighted by Crippen LogP contribution is 2.45. The van der Waals surface area contributed by atoms with Gasteiger partial charge in [0.15, 0.2) is 18.6 Å². The average Bonchev–Trinajstić information content (AvgIpc) is 4.10. The number of aromatic nitrogens is 6. The maximum absolute atomic E-state index is 8.53. The molecule has 6 heterocycles. The number of hydrogen-bond donors (Lipinski definition) is 0. The molecule has 3 aliphatic rings. The Kier molecular flexibility index (Phi) is 12.6. The lowest BCUT2D eigenvalue weighted by Gasteiger charge is -2.13. The number of benzene rings is 3. The number of aryl methyl sites for hydroxylation is 10. The van der Waals surface area contributed by atoms with Gasteiger partial charge in [-0.1, -0.05) is 82.3 Å². The summed E-state index contributed by atoms with van der Waals surface area (Å²) in [6.07, 6.45) is 7.46. The Hall–Kier alpha value is -7.44. The quantitative estimate of drug-likeness (QED) is 0.156. The van der Waals surface area contributed by atoms with Crippen molar-refractivity contribution in [2.75, 3.05) is 0 Å². The largest absolute Gasteiger partial charge is 0.257 e. The van der Waals surface area contributed by atoms with Crippen molar-refractivity contribution in [3.63, 3.8) is 0 Å². The van der Waals surface area contributed by atoms with E-state index in [-0.39, 0.29) is 5.92 Å². The molecule has 0 aliphatic heterocycles. The van der Waals surface area contributed by atoms with Crippen LogP contribution in [0.3, 0.4) is 0 Å². The van der Waals surface area contributed by atoms with Crippen LogP contribution in [0.4, 0.5) is 0 Å². The summed E-state index contributed by atoms with van der Waals surface area (Å²) in [5.74, 6) is -0.705. The molecule has 6 nitrogen and oxygen atoms in total. The van der Waals surface area contributed by atoms with E-state index in [1.54, 1.807) is 0 Å². The summed E-state index contributed by atoms with van der Waals surface area (Å²) < 4.78 is 32.0. The van der Waals surface area contributed by atoms with Gasteiger partial charge in [0, 0.05) is 93.5 Å². The average molecular weight is 977 g/mol. The van der Waals surface area contributed by atoms with Gasteiger partial charge in [-0.05, 0) is 152 Å². The molecule has 0 spiro atoms. The first-order valence-corrected chi connectivity index (χ1v) is 26.3. The summed E-state index contributed by atoms with van der Waals surface area (Å²) in [5, 5.41) is 0. The maximum Gasteiger partial charge on any atom is 0.213 e. The SMILES string of the molecule is Cc1cc[n+](C)c(-c2c(C)ccc3c2Cc2nc(C)ccc2-3)c1.[2H]C(C)(C)c1cc[n+](C)c(-c2c(C)ccc3c2Cc2nc(C)ccc2-3)c1.[2H]C([2H])(c1cc[n+](C)c(-c2c(C)ccc3c2Cc2nc(C)ccc2-3)c1)C(C)C. The van der Waals surface area contributed by atoms with Crippen LogP contribution in [0.25, 0.3) is 67.2 Å². The van der Waals surface area contributed by atoms with Gasteiger partial charge in [-0.15, -0.1) is 0 Å². The van der Waals surface area contributed by atoms with Crippen molar-refractivity contribution in [1.29, 1.82) is 0 Å². The number of pyridine rings is 6. The zero-order chi connectivity index (χ0) is 55.0. The zero-order valence-corrected chi connectivity index (χ0v) is 46.0. The van der Waals surface area contributed by atoms with Gasteiger partial charge in [0.2, 0.25) is 17.1 Å². The van der Waals surface area contributed by atoms with Crippen molar-refractivity contribution >= 4 is 0 Å². The molecule has 0 radical (unpaired) electrons. The van der Waals surface area contributed by atoms with Gasteiger partial charge >= 0.3 is 0 Å². The van der Waals surface area contributed by atoms with Gasteiger partial charge in [0.25, 0.3) is 0 Å². The minimum Gasteiger partial charge on any atom is -0.257 e. The summed E-state index contributed by atoms with van der Waals surface area (Å²) in [4.78, 5) is 14.3. The lowest BCUT2D eigenvalue weighted by atomic mass is 9.92. The second-order valence-electron chi connectivity index (χ2n) is 21.5. The Morgan fingerprint density at radius 1 is 0.446 bits per heavy atom. The Labute approximate surface area is 444 Å². The molecular formula is C68H73N6+3. The molecule has 0 amide bonds. The van der Waals surface area contributed by atoms with Crippen LogP contribution >= 0.6 is 0 Å². The summed E-state index contributed by atoms with van der Waals surface area (Å²) >= 11 is 0. The Bertz CT molecular complexity index is 3840. The molecule has 74 heavy (non-hydrogen) atoms. The Balaban J connectivity index is 0.000000132. The fraction of sp³-hybridized carbons (Fsp3) is 0.294. The van der Waals surface area contributed by atoms with E-state index in [9.17, 15) is 0 Å². The lowest BCUT2D eigenvalue weighted by Crippen LogP contribution is -2.31. The van der Waals surface area contributed by atoms with Crippen molar-refractivity contribution < 1.29 is 17.8 Å². The predicted octanol–water partition coefficient (Wildman–Crippen LogP) is 13.9. The van der Waals surface area contributed by atoms with Crippen molar-refractivity contribution in [2.45, 2.75) is 108 Å². The monoisotopic (exact) mass is 977 g/mol. The van der Waals surface area contributed by atoms with E-state index in [0.29, 0.717) is 0 Å². The first kappa shape index (κ1) is 46.4. The maximum atomic E-state index is 8.53. The first-order chi connectivity index (χ1) is 36.5. The van der Waals surface area contributed by atoms with Gasteiger partial charge in [-0.3, -0.25) is 15.0 Å². The molecule has 3 aromatic carbocycles. The van der Waals surface area contributed by atoms with Gasteiger partial charge in [0.05, 0.1) is 33.8 Å². The van der Waals surface area contributed by atoms with Crippen molar-refractivity contribution in [3.8, 4) is 67.2 Å². The molecule has 6 heteroatoms. The van der Waals surface area contributed by atoms with E-state index in [2.05, 4.69) is 179 Å². The summed E-state index contributed by atoms with van der Waals surface area (Å²) in [6.45, 7) is 22.6. The summed E-state index contributed by atoms with van der Waals surface area (Å²) in [7, 11) is 6.24. The number of nitrogens with zero attached hydrogens (tertiary/aromatic N) is 6. The van der Waals surface area contributed by atoms with E-state index < -0.39 is 12.3 Å².